The topological polar surface area (TPSA) is 58.2 Å². The van der Waals surface area contributed by atoms with Gasteiger partial charge in [0, 0.05) is 40.6 Å². The van der Waals surface area contributed by atoms with Gasteiger partial charge in [0.15, 0.2) is 5.78 Å². The van der Waals surface area contributed by atoms with Gasteiger partial charge in [0.2, 0.25) is 0 Å². The highest BCUT2D eigenvalue weighted by Gasteiger charge is 2.41. The number of carbonyl (C=O) groups is 2. The third-order valence-electron chi connectivity index (χ3n) is 6.94. The van der Waals surface area contributed by atoms with Crippen LogP contribution in [0.5, 0.6) is 0 Å². The molecule has 5 heteroatoms. The van der Waals surface area contributed by atoms with Crippen molar-refractivity contribution in [2.24, 2.45) is 0 Å². The average Bonchev–Trinajstić information content (AvgIpc) is 2.85. The lowest BCUT2D eigenvalue weighted by molar-refractivity contribution is -0.116. The van der Waals surface area contributed by atoms with Gasteiger partial charge < -0.3 is 10.6 Å². The van der Waals surface area contributed by atoms with Crippen molar-refractivity contribution in [3.05, 3.63) is 124 Å². The van der Waals surface area contributed by atoms with Crippen LogP contribution in [-0.4, -0.2) is 11.7 Å². The summed E-state index contributed by atoms with van der Waals surface area (Å²) in [5.41, 5.74) is 6.38. The molecular formula is C30H27FN2O2. The third-order valence-corrected chi connectivity index (χ3v) is 6.94. The maximum absolute atomic E-state index is 13.7. The number of halogens is 1. The molecule has 1 aliphatic carbocycles. The first-order valence-electron chi connectivity index (χ1n) is 11.8. The maximum atomic E-state index is 13.7. The molecule has 2 atom stereocenters. The molecule has 0 spiro atoms. The third kappa shape index (κ3) is 4.42. The highest BCUT2D eigenvalue weighted by Crippen LogP contribution is 2.46. The Morgan fingerprint density at radius 3 is 2.31 bits per heavy atom. The molecule has 35 heavy (non-hydrogen) atoms. The van der Waals surface area contributed by atoms with Gasteiger partial charge in [0.1, 0.15) is 5.82 Å². The van der Waals surface area contributed by atoms with Gasteiger partial charge in [-0.1, -0.05) is 54.6 Å². The Bertz CT molecular complexity index is 1360. The second-order valence-corrected chi connectivity index (χ2v) is 9.25. The Morgan fingerprint density at radius 1 is 0.914 bits per heavy atom. The lowest BCUT2D eigenvalue weighted by Gasteiger charge is -2.37. The smallest absolute Gasteiger partial charge is 0.254 e. The van der Waals surface area contributed by atoms with Gasteiger partial charge in [-0.05, 0) is 67.1 Å². The molecule has 176 valence electrons. The molecule has 3 aromatic rings. The molecule has 3 aromatic carbocycles. The molecule has 5 rings (SSSR count). The van der Waals surface area contributed by atoms with Crippen molar-refractivity contribution >= 4 is 17.4 Å². The standard InChI is InChI=1S/C30H27FN2O2/c1-18-8-6-7-11-24(18)28-27(30(35)33-23-14-12-22(31)13-15-23)19(2)32-25-16-21(17-26(34)29(25)28)20-9-4-3-5-10-20/h3-15,21,28,32H,16-17H2,1-2H3,(H,33,35). The Morgan fingerprint density at radius 2 is 1.60 bits per heavy atom. The van der Waals surface area contributed by atoms with E-state index in [9.17, 15) is 14.0 Å². The predicted octanol–water partition coefficient (Wildman–Crippen LogP) is 6.13. The van der Waals surface area contributed by atoms with E-state index in [-0.39, 0.29) is 23.4 Å². The van der Waals surface area contributed by atoms with E-state index in [4.69, 9.17) is 0 Å². The van der Waals surface area contributed by atoms with Crippen LogP contribution in [0.25, 0.3) is 0 Å². The number of aryl methyl sites for hydroxylation is 1. The minimum Gasteiger partial charge on any atom is -0.362 e. The van der Waals surface area contributed by atoms with E-state index in [2.05, 4.69) is 22.8 Å². The first-order chi connectivity index (χ1) is 16.9. The van der Waals surface area contributed by atoms with Gasteiger partial charge in [-0.25, -0.2) is 4.39 Å². The summed E-state index contributed by atoms with van der Waals surface area (Å²) in [5, 5.41) is 6.31. The lowest BCUT2D eigenvalue weighted by atomic mass is 9.71. The number of ketones is 1. The minimum absolute atomic E-state index is 0.0560. The molecule has 4 nitrogen and oxygen atoms in total. The van der Waals surface area contributed by atoms with E-state index in [0.29, 0.717) is 29.7 Å². The predicted molar refractivity (Wildman–Crippen MR) is 135 cm³/mol. The van der Waals surface area contributed by atoms with E-state index in [1.807, 2.05) is 56.3 Å². The SMILES string of the molecule is CC1=C(C(=O)Nc2ccc(F)cc2)C(c2ccccc2C)C2=C(CC(c3ccccc3)CC2=O)N1. The Balaban J connectivity index is 1.57. The van der Waals surface area contributed by atoms with Gasteiger partial charge in [-0.15, -0.1) is 0 Å². The monoisotopic (exact) mass is 466 g/mol. The number of hydrogen-bond acceptors (Lipinski definition) is 3. The number of nitrogens with one attached hydrogen (secondary N) is 2. The van der Waals surface area contributed by atoms with Crippen LogP contribution in [0.2, 0.25) is 0 Å². The van der Waals surface area contributed by atoms with Crippen LogP contribution in [0, 0.1) is 12.7 Å². The number of hydrogen-bond donors (Lipinski definition) is 2. The molecule has 0 fully saturated rings. The normalized spacial score (nSPS) is 19.8. The number of benzene rings is 3. The molecule has 1 amide bonds. The molecule has 0 saturated carbocycles. The molecule has 2 N–H and O–H groups in total. The fraction of sp³-hybridized carbons (Fsp3) is 0.200. The van der Waals surface area contributed by atoms with Crippen LogP contribution in [0.4, 0.5) is 10.1 Å². The Kier molecular flexibility index (Phi) is 6.08. The summed E-state index contributed by atoms with van der Waals surface area (Å²) in [5.74, 6) is -1.00. The van der Waals surface area contributed by atoms with Gasteiger partial charge in [-0.3, -0.25) is 9.59 Å². The molecule has 2 aliphatic rings. The summed E-state index contributed by atoms with van der Waals surface area (Å²) in [6.45, 7) is 3.88. The molecule has 0 bridgehead atoms. The van der Waals surface area contributed by atoms with Crippen molar-refractivity contribution in [3.63, 3.8) is 0 Å². The number of Topliss-reactive ketones (excluding diaryl/α,β-unsaturated/α-hetero) is 1. The number of allylic oxidation sites excluding steroid dienone is 3. The van der Waals surface area contributed by atoms with Crippen molar-refractivity contribution in [3.8, 4) is 0 Å². The summed E-state index contributed by atoms with van der Waals surface area (Å²) in [7, 11) is 0. The van der Waals surface area contributed by atoms with E-state index in [0.717, 1.165) is 28.1 Å². The highest BCUT2D eigenvalue weighted by atomic mass is 19.1. The summed E-state index contributed by atoms with van der Waals surface area (Å²) >= 11 is 0. The van der Waals surface area contributed by atoms with Gasteiger partial charge in [0.05, 0.1) is 0 Å². The zero-order valence-electron chi connectivity index (χ0n) is 19.8. The van der Waals surface area contributed by atoms with Crippen molar-refractivity contribution in [1.29, 1.82) is 0 Å². The van der Waals surface area contributed by atoms with E-state index >= 15 is 0 Å². The molecule has 1 heterocycles. The van der Waals surface area contributed by atoms with Crippen molar-refractivity contribution in [2.45, 2.75) is 38.5 Å². The first kappa shape index (κ1) is 22.8. The Hall–Kier alpha value is -3.99. The highest BCUT2D eigenvalue weighted by molar-refractivity contribution is 6.10. The van der Waals surface area contributed by atoms with Gasteiger partial charge in [-0.2, -0.15) is 0 Å². The van der Waals surface area contributed by atoms with Crippen LogP contribution in [-0.2, 0) is 9.59 Å². The summed E-state index contributed by atoms with van der Waals surface area (Å²) < 4.78 is 13.4. The second kappa shape index (κ2) is 9.34. The molecule has 0 aromatic heterocycles. The van der Waals surface area contributed by atoms with E-state index in [1.165, 1.54) is 24.3 Å². The number of anilines is 1. The molecule has 2 unspecified atom stereocenters. The fourth-order valence-corrected chi connectivity index (χ4v) is 5.25. The molecule has 0 saturated heterocycles. The van der Waals surface area contributed by atoms with Crippen molar-refractivity contribution in [1.82, 2.24) is 5.32 Å². The summed E-state index contributed by atoms with van der Waals surface area (Å²) in [4.78, 5) is 27.3. The van der Waals surface area contributed by atoms with Gasteiger partial charge in [0.25, 0.3) is 5.91 Å². The summed E-state index contributed by atoms with van der Waals surface area (Å²) in [6, 6.07) is 23.7. The molecule has 0 radical (unpaired) electrons. The quantitative estimate of drug-likeness (QED) is 0.486. The molecular weight excluding hydrogens is 439 g/mol. The first-order valence-corrected chi connectivity index (χ1v) is 11.8. The number of amides is 1. The van der Waals surface area contributed by atoms with Crippen molar-refractivity contribution in [2.75, 3.05) is 5.32 Å². The minimum atomic E-state index is -0.475. The Labute approximate surface area is 204 Å². The lowest BCUT2D eigenvalue weighted by Crippen LogP contribution is -2.37. The fourth-order valence-electron chi connectivity index (χ4n) is 5.25. The van der Waals surface area contributed by atoms with Crippen LogP contribution >= 0.6 is 0 Å². The average molecular weight is 467 g/mol. The summed E-state index contributed by atoms with van der Waals surface area (Å²) in [6.07, 6.45) is 1.11. The number of dihydropyridines is 1. The number of rotatable bonds is 4. The zero-order chi connectivity index (χ0) is 24.5. The zero-order valence-corrected chi connectivity index (χ0v) is 19.8. The van der Waals surface area contributed by atoms with Crippen LogP contribution in [0.1, 0.15) is 48.3 Å². The van der Waals surface area contributed by atoms with Gasteiger partial charge >= 0.3 is 0 Å². The van der Waals surface area contributed by atoms with Crippen LogP contribution in [0.3, 0.4) is 0 Å². The van der Waals surface area contributed by atoms with E-state index < -0.39 is 5.92 Å². The van der Waals surface area contributed by atoms with Crippen LogP contribution in [0.15, 0.2) is 101 Å². The maximum Gasteiger partial charge on any atom is 0.254 e. The molecule has 1 aliphatic heterocycles. The largest absolute Gasteiger partial charge is 0.362 e. The second-order valence-electron chi connectivity index (χ2n) is 9.25. The van der Waals surface area contributed by atoms with Crippen molar-refractivity contribution < 1.29 is 14.0 Å². The number of carbonyl (C=O) groups excluding carboxylic acids is 2. The van der Waals surface area contributed by atoms with E-state index in [1.54, 1.807) is 0 Å². The van der Waals surface area contributed by atoms with Crippen LogP contribution < -0.4 is 10.6 Å².